The van der Waals surface area contributed by atoms with Crippen LogP contribution in [0.25, 0.3) is 0 Å². The number of likely N-dealkylation sites (N-methyl/N-ethyl adjacent to an activating group) is 1. The number of hydrogen-bond donors (Lipinski definition) is 3. The molecule has 0 fully saturated rings. The molecule has 0 atom stereocenters. The fourth-order valence-electron chi connectivity index (χ4n) is 2.56. The Morgan fingerprint density at radius 3 is 2.62 bits per heavy atom. The summed E-state index contributed by atoms with van der Waals surface area (Å²) in [7, 11) is -0.850. The molecule has 142 valence electrons. The second-order valence-corrected chi connectivity index (χ2v) is 7.47. The van der Waals surface area contributed by atoms with E-state index in [4.69, 9.17) is 9.84 Å². The van der Waals surface area contributed by atoms with Crippen molar-refractivity contribution in [2.75, 3.05) is 31.2 Å². The first-order valence-electron chi connectivity index (χ1n) is 8.08. The number of aliphatic hydroxyl groups excluding tert-OH is 1. The highest BCUT2D eigenvalue weighted by Crippen LogP contribution is 2.31. The van der Waals surface area contributed by atoms with Crippen LogP contribution in [0.5, 0.6) is 11.5 Å². The van der Waals surface area contributed by atoms with Crippen molar-refractivity contribution in [3.63, 3.8) is 0 Å². The van der Waals surface area contributed by atoms with E-state index < -0.39 is 10.9 Å². The Kier molecular flexibility index (Phi) is 7.77. The Hall–Kier alpha value is -1.74. The summed E-state index contributed by atoms with van der Waals surface area (Å²) in [5.41, 5.74) is 2.44. The van der Waals surface area contributed by atoms with Crippen LogP contribution in [-0.4, -0.2) is 44.9 Å². The summed E-state index contributed by atoms with van der Waals surface area (Å²) in [5, 5.41) is 9.11. The lowest BCUT2D eigenvalue weighted by atomic mass is 10.1. The van der Waals surface area contributed by atoms with Crippen molar-refractivity contribution in [1.82, 2.24) is 4.90 Å². The number of aryl methyl sites for hydroxylation is 1. The van der Waals surface area contributed by atoms with Crippen LogP contribution in [-0.2, 0) is 17.4 Å². The molecule has 2 rings (SSSR count). The molecule has 0 heterocycles. The molecule has 2 aromatic carbocycles. The van der Waals surface area contributed by atoms with Gasteiger partial charge in [0.05, 0.1) is 6.61 Å². The van der Waals surface area contributed by atoms with Crippen molar-refractivity contribution in [1.29, 1.82) is 0 Å². The van der Waals surface area contributed by atoms with Gasteiger partial charge in [-0.2, -0.15) is 0 Å². The van der Waals surface area contributed by atoms with Crippen molar-refractivity contribution >= 4 is 28.3 Å². The molecule has 0 radical (unpaired) electrons. The van der Waals surface area contributed by atoms with Crippen molar-refractivity contribution < 1.29 is 18.3 Å². The number of thiol groups is 1. The minimum Gasteiger partial charge on any atom is -0.457 e. The number of nitrogens with one attached hydrogen (secondary N) is 1. The number of benzene rings is 2. The Morgan fingerprint density at radius 2 is 2.00 bits per heavy atom. The molecule has 0 aliphatic heterocycles. The van der Waals surface area contributed by atoms with Gasteiger partial charge in [0.15, 0.2) is 0 Å². The SMILES string of the molecule is CSc1ccc(Oc2ccc(N[SH](=O)=O)cc2CN(C)CCO)cc1C. The van der Waals surface area contributed by atoms with Crippen molar-refractivity contribution in [3.8, 4) is 11.5 Å². The van der Waals surface area contributed by atoms with Crippen molar-refractivity contribution in [3.05, 3.63) is 47.5 Å². The molecule has 8 heteroatoms. The number of anilines is 1. The molecular weight excluding hydrogens is 372 g/mol. The Balaban J connectivity index is 2.31. The van der Waals surface area contributed by atoms with E-state index in [2.05, 4.69) is 4.72 Å². The fourth-order valence-corrected chi connectivity index (χ4v) is 3.49. The molecule has 6 nitrogen and oxygen atoms in total. The van der Waals surface area contributed by atoms with E-state index in [0.717, 1.165) is 16.9 Å². The fraction of sp³-hybridized carbons (Fsp3) is 0.333. The van der Waals surface area contributed by atoms with Gasteiger partial charge < -0.3 is 9.84 Å². The van der Waals surface area contributed by atoms with Gasteiger partial charge in [0, 0.05) is 29.2 Å². The summed E-state index contributed by atoms with van der Waals surface area (Å²) >= 11 is 1.68. The Morgan fingerprint density at radius 1 is 1.23 bits per heavy atom. The molecule has 2 aromatic rings. The summed E-state index contributed by atoms with van der Waals surface area (Å²) < 4.78 is 30.3. The molecule has 0 aliphatic rings. The molecule has 0 saturated carbocycles. The molecule has 0 unspecified atom stereocenters. The summed E-state index contributed by atoms with van der Waals surface area (Å²) in [6.45, 7) is 3.11. The van der Waals surface area contributed by atoms with E-state index >= 15 is 0 Å². The van der Waals surface area contributed by atoms with Gasteiger partial charge >= 0.3 is 0 Å². The maximum absolute atomic E-state index is 10.9. The first-order chi connectivity index (χ1) is 12.4. The average molecular weight is 397 g/mol. The van der Waals surface area contributed by atoms with Gasteiger partial charge in [0.25, 0.3) is 0 Å². The number of nitrogens with zero attached hydrogens (tertiary/aromatic N) is 1. The zero-order valence-corrected chi connectivity index (χ0v) is 16.8. The maximum atomic E-state index is 10.9. The topological polar surface area (TPSA) is 78.9 Å². The second kappa shape index (κ2) is 9.82. The third-order valence-electron chi connectivity index (χ3n) is 3.80. The van der Waals surface area contributed by atoms with Crippen LogP contribution in [0.3, 0.4) is 0 Å². The minimum atomic E-state index is -2.73. The van der Waals surface area contributed by atoms with Gasteiger partial charge in [-0.3, -0.25) is 9.62 Å². The van der Waals surface area contributed by atoms with Gasteiger partial charge in [-0.15, -0.1) is 11.8 Å². The molecule has 0 amide bonds. The number of ether oxygens (including phenoxy) is 1. The third kappa shape index (κ3) is 5.91. The van der Waals surface area contributed by atoms with Gasteiger partial charge in [0.2, 0.25) is 10.9 Å². The third-order valence-corrected chi connectivity index (χ3v) is 5.14. The summed E-state index contributed by atoms with van der Waals surface area (Å²) in [5.74, 6) is 1.37. The largest absolute Gasteiger partial charge is 0.457 e. The van der Waals surface area contributed by atoms with Gasteiger partial charge in [-0.1, -0.05) is 0 Å². The quantitative estimate of drug-likeness (QED) is 0.447. The van der Waals surface area contributed by atoms with Crippen molar-refractivity contribution in [2.24, 2.45) is 0 Å². The number of thioether (sulfide) groups is 1. The van der Waals surface area contributed by atoms with Gasteiger partial charge in [-0.05, 0) is 62.2 Å². The smallest absolute Gasteiger partial charge is 0.222 e. The molecule has 0 aliphatic carbocycles. The van der Waals surface area contributed by atoms with E-state index in [1.807, 2.05) is 43.3 Å². The predicted molar refractivity (Wildman–Crippen MR) is 107 cm³/mol. The first kappa shape index (κ1) is 20.6. The zero-order valence-electron chi connectivity index (χ0n) is 15.1. The van der Waals surface area contributed by atoms with Gasteiger partial charge in [0.1, 0.15) is 11.5 Å². The summed E-state index contributed by atoms with van der Waals surface area (Å²) in [4.78, 5) is 3.13. The molecule has 0 aromatic heterocycles. The van der Waals surface area contributed by atoms with Crippen LogP contribution in [0.1, 0.15) is 11.1 Å². The van der Waals surface area contributed by atoms with Crippen LogP contribution < -0.4 is 9.46 Å². The highest BCUT2D eigenvalue weighted by molar-refractivity contribution is 7.98. The standard InChI is InChI=1S/C18H24N2O4S2/c1-13-10-16(5-7-18(13)25-3)24-17-6-4-15(19-26(22)23)11-14(17)12-20(2)8-9-21/h4-7,10-11,21,26H,8-9,12H2,1-3H3,(H,19,22,23). The molecule has 26 heavy (non-hydrogen) atoms. The van der Waals surface area contributed by atoms with Crippen LogP contribution >= 0.6 is 11.8 Å². The highest BCUT2D eigenvalue weighted by atomic mass is 32.2. The van der Waals surface area contributed by atoms with E-state index in [-0.39, 0.29) is 6.61 Å². The van der Waals surface area contributed by atoms with E-state index in [0.29, 0.717) is 24.5 Å². The van der Waals surface area contributed by atoms with Crippen LogP contribution in [0, 0.1) is 6.92 Å². The van der Waals surface area contributed by atoms with Gasteiger partial charge in [-0.25, -0.2) is 8.42 Å². The Bertz CT molecular complexity index is 817. The first-order valence-corrected chi connectivity index (χ1v) is 10.5. The summed E-state index contributed by atoms with van der Waals surface area (Å²) in [6, 6.07) is 11.1. The molecule has 0 bridgehead atoms. The monoisotopic (exact) mass is 396 g/mol. The molecule has 2 N–H and O–H groups in total. The molecular formula is C18H24N2O4S2. The zero-order chi connectivity index (χ0) is 19.1. The van der Waals surface area contributed by atoms with Crippen LogP contribution in [0.15, 0.2) is 41.3 Å². The number of rotatable bonds is 9. The Labute approximate surface area is 160 Å². The lowest BCUT2D eigenvalue weighted by Gasteiger charge is -2.19. The van der Waals surface area contributed by atoms with E-state index in [9.17, 15) is 8.42 Å². The maximum Gasteiger partial charge on any atom is 0.222 e. The second-order valence-electron chi connectivity index (χ2n) is 5.89. The minimum absolute atomic E-state index is 0.0480. The predicted octanol–water partition coefficient (Wildman–Crippen LogP) is 2.87. The van der Waals surface area contributed by atoms with E-state index in [1.54, 1.807) is 30.0 Å². The number of aliphatic hydroxyl groups is 1. The average Bonchev–Trinajstić information content (AvgIpc) is 2.57. The number of hydrogen-bond acceptors (Lipinski definition) is 6. The summed E-state index contributed by atoms with van der Waals surface area (Å²) in [6.07, 6.45) is 2.03. The van der Waals surface area contributed by atoms with Crippen LogP contribution in [0.4, 0.5) is 5.69 Å². The highest BCUT2D eigenvalue weighted by Gasteiger charge is 2.11. The van der Waals surface area contributed by atoms with Crippen LogP contribution in [0.2, 0.25) is 0 Å². The van der Waals surface area contributed by atoms with E-state index in [1.165, 1.54) is 4.90 Å². The normalized spacial score (nSPS) is 11.2. The molecule has 0 saturated heterocycles. The molecule has 0 spiro atoms. The lowest BCUT2D eigenvalue weighted by Crippen LogP contribution is -2.21. The lowest BCUT2D eigenvalue weighted by molar-refractivity contribution is 0.216. The van der Waals surface area contributed by atoms with Crippen molar-refractivity contribution in [2.45, 2.75) is 18.4 Å².